The first-order chi connectivity index (χ1) is 8.25. The van der Waals surface area contributed by atoms with E-state index >= 15 is 0 Å². The first kappa shape index (κ1) is 10.0. The largest absolute Gasteiger partial charge is 0.247 e. The van der Waals surface area contributed by atoms with Gasteiger partial charge in [0.25, 0.3) is 0 Å². The zero-order valence-electron chi connectivity index (χ0n) is 9.77. The lowest BCUT2D eigenvalue weighted by molar-refractivity contribution is 1.47. The lowest BCUT2D eigenvalue weighted by Crippen LogP contribution is -1.87. The minimum Gasteiger partial charge on any atom is -0.247 e. The van der Waals surface area contributed by atoms with E-state index in [9.17, 15) is 0 Å². The summed E-state index contributed by atoms with van der Waals surface area (Å²) in [4.78, 5) is 4.74. The van der Waals surface area contributed by atoms with Gasteiger partial charge in [-0.25, -0.2) is 4.98 Å². The molecule has 2 aromatic carbocycles. The van der Waals surface area contributed by atoms with Crippen LogP contribution in [0.1, 0.15) is 12.5 Å². The second-order valence-corrected chi connectivity index (χ2v) is 4.34. The number of hydrogen-bond acceptors (Lipinski definition) is 1. The van der Waals surface area contributed by atoms with Gasteiger partial charge < -0.3 is 0 Å². The summed E-state index contributed by atoms with van der Waals surface area (Å²) in [6, 6.07) is 16.6. The van der Waals surface area contributed by atoms with Crippen molar-refractivity contribution in [1.82, 2.24) is 4.98 Å². The van der Waals surface area contributed by atoms with Gasteiger partial charge in [0, 0.05) is 16.3 Å². The van der Waals surface area contributed by atoms with Gasteiger partial charge in [-0.05, 0) is 24.6 Å². The first-order valence-corrected chi connectivity index (χ1v) is 5.70. The number of allylic oxidation sites excluding steroid dienone is 1. The third-order valence-electron chi connectivity index (χ3n) is 3.01. The third-order valence-corrected chi connectivity index (χ3v) is 3.01. The van der Waals surface area contributed by atoms with Crippen LogP contribution >= 0.6 is 0 Å². The molecular formula is C16H13N. The van der Waals surface area contributed by atoms with Crippen molar-refractivity contribution >= 4 is 27.4 Å². The normalized spacial score (nSPS) is 10.9. The molecular weight excluding hydrogens is 206 g/mol. The fourth-order valence-electron chi connectivity index (χ4n) is 2.15. The van der Waals surface area contributed by atoms with E-state index < -0.39 is 0 Å². The van der Waals surface area contributed by atoms with E-state index in [1.165, 1.54) is 10.8 Å². The molecule has 0 radical (unpaired) electrons. The average Bonchev–Trinajstić information content (AvgIpc) is 2.35. The van der Waals surface area contributed by atoms with Crippen molar-refractivity contribution < 1.29 is 0 Å². The van der Waals surface area contributed by atoms with Crippen molar-refractivity contribution in [2.75, 3.05) is 0 Å². The minimum atomic E-state index is 1.04. The molecule has 0 amide bonds. The third kappa shape index (κ3) is 1.60. The highest BCUT2D eigenvalue weighted by Crippen LogP contribution is 2.25. The van der Waals surface area contributed by atoms with Crippen molar-refractivity contribution in [3.63, 3.8) is 0 Å². The van der Waals surface area contributed by atoms with E-state index in [4.69, 9.17) is 4.98 Å². The summed E-state index contributed by atoms with van der Waals surface area (Å²) in [7, 11) is 0. The lowest BCUT2D eigenvalue weighted by Gasteiger charge is -2.06. The number of rotatable bonds is 1. The van der Waals surface area contributed by atoms with E-state index in [0.29, 0.717) is 0 Å². The van der Waals surface area contributed by atoms with Gasteiger partial charge >= 0.3 is 0 Å². The fraction of sp³-hybridized carbons (Fsp3) is 0.0625. The molecule has 0 saturated carbocycles. The molecule has 3 aromatic rings. The van der Waals surface area contributed by atoms with Gasteiger partial charge in [0.2, 0.25) is 0 Å². The molecule has 1 aromatic heterocycles. The molecule has 0 aliphatic heterocycles. The van der Waals surface area contributed by atoms with Crippen molar-refractivity contribution in [3.8, 4) is 0 Å². The minimum absolute atomic E-state index is 1.04. The zero-order valence-corrected chi connectivity index (χ0v) is 9.77. The molecule has 1 heterocycles. The van der Waals surface area contributed by atoms with Crippen molar-refractivity contribution in [2.24, 2.45) is 0 Å². The van der Waals surface area contributed by atoms with E-state index in [-0.39, 0.29) is 0 Å². The van der Waals surface area contributed by atoms with Crippen LogP contribution in [0.3, 0.4) is 0 Å². The highest BCUT2D eigenvalue weighted by Gasteiger charge is 2.04. The molecule has 0 bridgehead atoms. The Morgan fingerprint density at radius 2 is 1.76 bits per heavy atom. The SMILES string of the molecule is C=C(C)c1cccc2cc3ccccc3nc12. The molecule has 3 rings (SSSR count). The van der Waals surface area contributed by atoms with Gasteiger partial charge in [-0.2, -0.15) is 0 Å². The highest BCUT2D eigenvalue weighted by atomic mass is 14.7. The van der Waals surface area contributed by atoms with Crippen LogP contribution in [-0.2, 0) is 0 Å². The number of hydrogen-bond donors (Lipinski definition) is 0. The highest BCUT2D eigenvalue weighted by molar-refractivity contribution is 5.97. The standard InChI is InChI=1S/C16H13N/c1-11(2)14-8-5-7-13-10-12-6-3-4-9-15(12)17-16(13)14/h3-10H,1H2,2H3. The molecule has 0 saturated heterocycles. The Labute approximate surface area is 100 Å². The van der Waals surface area contributed by atoms with Crippen LogP contribution < -0.4 is 0 Å². The molecule has 0 N–H and O–H groups in total. The van der Waals surface area contributed by atoms with E-state index in [2.05, 4.69) is 36.9 Å². The summed E-state index contributed by atoms with van der Waals surface area (Å²) in [6.45, 7) is 6.04. The Bertz CT molecular complexity index is 726. The van der Waals surface area contributed by atoms with Crippen LogP contribution in [0, 0.1) is 0 Å². The van der Waals surface area contributed by atoms with Gasteiger partial charge in [0.05, 0.1) is 11.0 Å². The van der Waals surface area contributed by atoms with Crippen molar-refractivity contribution in [2.45, 2.75) is 6.92 Å². The average molecular weight is 219 g/mol. The molecule has 0 spiro atoms. The Kier molecular flexibility index (Phi) is 2.19. The maximum absolute atomic E-state index is 4.74. The topological polar surface area (TPSA) is 12.9 Å². The molecule has 0 unspecified atom stereocenters. The number of aromatic nitrogens is 1. The van der Waals surface area contributed by atoms with Crippen LogP contribution in [0.4, 0.5) is 0 Å². The predicted octanol–water partition coefficient (Wildman–Crippen LogP) is 4.42. The molecule has 17 heavy (non-hydrogen) atoms. The smallest absolute Gasteiger partial charge is 0.0784 e. The first-order valence-electron chi connectivity index (χ1n) is 5.70. The monoisotopic (exact) mass is 219 g/mol. The van der Waals surface area contributed by atoms with Gasteiger partial charge in [-0.1, -0.05) is 43.0 Å². The summed E-state index contributed by atoms with van der Waals surface area (Å²) in [5, 5.41) is 2.35. The van der Waals surface area contributed by atoms with Crippen LogP contribution in [0.2, 0.25) is 0 Å². The van der Waals surface area contributed by atoms with Gasteiger partial charge in [0.1, 0.15) is 0 Å². The summed E-state index contributed by atoms with van der Waals surface area (Å²) in [5.41, 5.74) is 4.26. The second kappa shape index (κ2) is 3.70. The lowest BCUT2D eigenvalue weighted by atomic mass is 10.0. The van der Waals surface area contributed by atoms with Gasteiger partial charge in [0.15, 0.2) is 0 Å². The van der Waals surface area contributed by atoms with Crippen molar-refractivity contribution in [1.29, 1.82) is 0 Å². The zero-order chi connectivity index (χ0) is 11.8. The fourth-order valence-corrected chi connectivity index (χ4v) is 2.15. The summed E-state index contributed by atoms with van der Waals surface area (Å²) in [5.74, 6) is 0. The number of nitrogens with zero attached hydrogens (tertiary/aromatic N) is 1. The van der Waals surface area contributed by atoms with Crippen LogP contribution in [0.15, 0.2) is 55.1 Å². The molecule has 0 atom stereocenters. The molecule has 82 valence electrons. The summed E-state index contributed by atoms with van der Waals surface area (Å²) in [6.07, 6.45) is 0. The Morgan fingerprint density at radius 3 is 2.59 bits per heavy atom. The van der Waals surface area contributed by atoms with Crippen LogP contribution in [0.5, 0.6) is 0 Å². The van der Waals surface area contributed by atoms with E-state index in [1.54, 1.807) is 0 Å². The predicted molar refractivity (Wildman–Crippen MR) is 74.0 cm³/mol. The molecule has 1 heteroatoms. The summed E-state index contributed by atoms with van der Waals surface area (Å²) >= 11 is 0. The number of pyridine rings is 1. The van der Waals surface area contributed by atoms with Gasteiger partial charge in [-0.3, -0.25) is 0 Å². The Morgan fingerprint density at radius 1 is 1.00 bits per heavy atom. The molecule has 0 aliphatic rings. The van der Waals surface area contributed by atoms with E-state index in [1.807, 2.05) is 25.1 Å². The maximum Gasteiger partial charge on any atom is 0.0784 e. The number of para-hydroxylation sites is 2. The Balaban J connectivity index is 2.47. The molecule has 0 aliphatic carbocycles. The summed E-state index contributed by atoms with van der Waals surface area (Å²) < 4.78 is 0. The van der Waals surface area contributed by atoms with Crippen LogP contribution in [-0.4, -0.2) is 4.98 Å². The van der Waals surface area contributed by atoms with E-state index in [0.717, 1.165) is 22.2 Å². The maximum atomic E-state index is 4.74. The quantitative estimate of drug-likeness (QED) is 0.552. The van der Waals surface area contributed by atoms with Gasteiger partial charge in [-0.15, -0.1) is 0 Å². The number of fused-ring (bicyclic) bond motifs is 2. The number of benzene rings is 2. The second-order valence-electron chi connectivity index (χ2n) is 4.34. The van der Waals surface area contributed by atoms with Crippen LogP contribution in [0.25, 0.3) is 27.4 Å². The molecule has 1 nitrogen and oxygen atoms in total. The Hall–Kier alpha value is -2.15. The molecule has 0 fully saturated rings. The van der Waals surface area contributed by atoms with Crippen molar-refractivity contribution in [3.05, 3.63) is 60.7 Å².